The predicted molar refractivity (Wildman–Crippen MR) is 164 cm³/mol. The van der Waals surface area contributed by atoms with Crippen molar-refractivity contribution >= 4 is 35.3 Å². The number of nitrogens with one attached hydrogen (secondary N) is 1. The number of aromatic nitrogens is 2. The molecule has 8 heteroatoms. The van der Waals surface area contributed by atoms with Gasteiger partial charge in [0.25, 0.3) is 5.56 Å². The Bertz CT molecular complexity index is 1670. The quantitative estimate of drug-likeness (QED) is 0.222. The van der Waals surface area contributed by atoms with E-state index >= 15 is 0 Å². The minimum Gasteiger partial charge on any atom is -0.399 e. The second-order valence-electron chi connectivity index (χ2n) is 9.59. The number of hydrogen-bond donors (Lipinski definition) is 2. The van der Waals surface area contributed by atoms with E-state index in [9.17, 15) is 4.79 Å². The number of nitrogens with two attached hydrogens (primary N) is 1. The molecule has 40 heavy (non-hydrogen) atoms. The molecule has 0 aliphatic carbocycles. The normalized spacial score (nSPS) is 14.9. The van der Waals surface area contributed by atoms with Gasteiger partial charge in [0, 0.05) is 35.8 Å². The third kappa shape index (κ3) is 6.13. The van der Waals surface area contributed by atoms with Crippen molar-refractivity contribution in [3.63, 3.8) is 0 Å². The van der Waals surface area contributed by atoms with Gasteiger partial charge < -0.3 is 20.7 Å². The van der Waals surface area contributed by atoms with Crippen LogP contribution in [0.2, 0.25) is 0 Å². The van der Waals surface area contributed by atoms with E-state index in [0.717, 1.165) is 60.4 Å². The van der Waals surface area contributed by atoms with Crippen LogP contribution in [0.4, 0.5) is 17.2 Å². The van der Waals surface area contributed by atoms with Crippen LogP contribution in [-0.4, -0.2) is 41.7 Å². The third-order valence-corrected chi connectivity index (χ3v) is 6.69. The first-order valence-corrected chi connectivity index (χ1v) is 13.5. The van der Waals surface area contributed by atoms with Gasteiger partial charge in [0.2, 0.25) is 0 Å². The lowest BCUT2D eigenvalue weighted by atomic mass is 10.1. The molecule has 1 aliphatic heterocycles. The molecule has 204 valence electrons. The highest BCUT2D eigenvalue weighted by molar-refractivity contribution is 5.94. The molecule has 3 N–H and O–H groups in total. The van der Waals surface area contributed by atoms with Crippen molar-refractivity contribution in [1.82, 2.24) is 9.55 Å². The van der Waals surface area contributed by atoms with Crippen LogP contribution in [0.5, 0.6) is 0 Å². The number of pyridine rings is 2. The van der Waals surface area contributed by atoms with Gasteiger partial charge in [-0.05, 0) is 55.3 Å². The number of rotatable bonds is 6. The fourth-order valence-electron chi connectivity index (χ4n) is 4.75. The first-order chi connectivity index (χ1) is 19.5. The number of nitrogens with zero attached hydrogens (tertiary/aromatic N) is 4. The van der Waals surface area contributed by atoms with Crippen LogP contribution in [0.25, 0.3) is 29.1 Å². The second kappa shape index (κ2) is 12.4. The summed E-state index contributed by atoms with van der Waals surface area (Å²) in [5, 5.41) is 4.92. The number of hydrogen-bond acceptors (Lipinski definition) is 6. The molecule has 0 saturated carbocycles. The van der Waals surface area contributed by atoms with E-state index in [4.69, 9.17) is 15.5 Å². The third-order valence-electron chi connectivity index (χ3n) is 6.69. The molecule has 5 rings (SSSR count). The van der Waals surface area contributed by atoms with Crippen LogP contribution in [0.15, 0.2) is 88.8 Å². The molecule has 1 fully saturated rings. The monoisotopic (exact) mass is 534 g/mol. The zero-order valence-corrected chi connectivity index (χ0v) is 22.9. The summed E-state index contributed by atoms with van der Waals surface area (Å²) in [6, 6.07) is 23.0. The summed E-state index contributed by atoms with van der Waals surface area (Å²) in [6.45, 7) is 7.08. The summed E-state index contributed by atoms with van der Waals surface area (Å²) in [5.74, 6) is 1.64. The van der Waals surface area contributed by atoms with E-state index in [2.05, 4.69) is 15.2 Å². The van der Waals surface area contributed by atoms with Crippen LogP contribution in [0, 0.1) is 0 Å². The van der Waals surface area contributed by atoms with Gasteiger partial charge in [0.05, 0.1) is 36.1 Å². The lowest BCUT2D eigenvalue weighted by Crippen LogP contribution is -2.43. The Morgan fingerprint density at radius 2 is 1.88 bits per heavy atom. The first-order valence-electron chi connectivity index (χ1n) is 13.5. The number of amidine groups is 1. The highest BCUT2D eigenvalue weighted by Gasteiger charge is 2.13. The number of ether oxygens (including phenoxy) is 1. The number of morpholine rings is 1. The fourth-order valence-corrected chi connectivity index (χ4v) is 4.75. The van der Waals surface area contributed by atoms with Crippen LogP contribution in [-0.2, 0) is 4.74 Å². The molecule has 0 radical (unpaired) electrons. The SMILES string of the molecule is CC/C=c1/c(=C\N=C(C)Nc2ccc(N3CCOCC3)nc2)cc(-c2ccccc2)c(=O)n1-c1cccc(N)c1. The van der Waals surface area contributed by atoms with Crippen molar-refractivity contribution in [2.75, 3.05) is 42.3 Å². The maximum Gasteiger partial charge on any atom is 0.263 e. The van der Waals surface area contributed by atoms with Crippen LogP contribution in [0.3, 0.4) is 0 Å². The van der Waals surface area contributed by atoms with Crippen molar-refractivity contribution in [1.29, 1.82) is 0 Å². The Labute approximate surface area is 233 Å². The van der Waals surface area contributed by atoms with Gasteiger partial charge in [-0.25, -0.2) is 9.98 Å². The molecule has 2 aromatic heterocycles. The van der Waals surface area contributed by atoms with Gasteiger partial charge in [0.15, 0.2) is 0 Å². The molecule has 0 spiro atoms. The Morgan fingerprint density at radius 3 is 2.58 bits per heavy atom. The summed E-state index contributed by atoms with van der Waals surface area (Å²) in [6.07, 6.45) is 6.40. The minimum atomic E-state index is -0.112. The van der Waals surface area contributed by atoms with Gasteiger partial charge >= 0.3 is 0 Å². The number of anilines is 3. The standard InChI is InChI=1S/C32H34N6O2/c1-3-8-30-25(21-34-23(2)36-27-13-14-31(35-22-27)37-15-17-40-18-16-37)19-29(24-9-5-4-6-10-24)32(39)38(30)28-12-7-11-26(33)20-28/h4-14,19-22H,3,15-18,33H2,1-2H3,(H,34,36)/b25-21-,30-8-. The summed E-state index contributed by atoms with van der Waals surface area (Å²) in [4.78, 5) is 25.4. The molecule has 0 atom stereocenters. The Morgan fingerprint density at radius 1 is 1.07 bits per heavy atom. The molecule has 4 aromatic rings. The van der Waals surface area contributed by atoms with Crippen molar-refractivity contribution < 1.29 is 4.74 Å². The maximum absolute atomic E-state index is 13.9. The summed E-state index contributed by atoms with van der Waals surface area (Å²) >= 11 is 0. The lowest BCUT2D eigenvalue weighted by Gasteiger charge is -2.27. The zero-order chi connectivity index (χ0) is 27.9. The summed E-state index contributed by atoms with van der Waals surface area (Å²) in [5.41, 5.74) is 9.57. The predicted octanol–water partition coefficient (Wildman–Crippen LogP) is 3.78. The van der Waals surface area contributed by atoms with E-state index in [-0.39, 0.29) is 5.56 Å². The van der Waals surface area contributed by atoms with Gasteiger partial charge in [-0.15, -0.1) is 0 Å². The van der Waals surface area contributed by atoms with E-state index < -0.39 is 0 Å². The molecular weight excluding hydrogens is 500 g/mol. The van der Waals surface area contributed by atoms with Crippen molar-refractivity contribution in [2.24, 2.45) is 4.99 Å². The topological polar surface area (TPSA) is 97.8 Å². The average molecular weight is 535 g/mol. The Kier molecular flexibility index (Phi) is 8.37. The summed E-state index contributed by atoms with van der Waals surface area (Å²) < 4.78 is 7.16. The largest absolute Gasteiger partial charge is 0.399 e. The highest BCUT2D eigenvalue weighted by atomic mass is 16.5. The van der Waals surface area contributed by atoms with Crippen LogP contribution >= 0.6 is 0 Å². The molecular formula is C32H34N6O2. The minimum absolute atomic E-state index is 0.112. The molecule has 0 bridgehead atoms. The number of aliphatic imine (C=N–C) groups is 1. The highest BCUT2D eigenvalue weighted by Crippen LogP contribution is 2.16. The van der Waals surface area contributed by atoms with E-state index in [1.165, 1.54) is 0 Å². The second-order valence-corrected chi connectivity index (χ2v) is 9.59. The molecule has 0 unspecified atom stereocenters. The molecule has 0 amide bonds. The Balaban J connectivity index is 1.56. The lowest BCUT2D eigenvalue weighted by molar-refractivity contribution is 0.122. The van der Waals surface area contributed by atoms with Gasteiger partial charge in [-0.2, -0.15) is 0 Å². The van der Waals surface area contributed by atoms with Gasteiger partial charge in [0.1, 0.15) is 11.7 Å². The van der Waals surface area contributed by atoms with E-state index in [1.807, 2.05) is 98.9 Å². The number of benzene rings is 2. The average Bonchev–Trinajstić information content (AvgIpc) is 2.98. The van der Waals surface area contributed by atoms with E-state index in [1.54, 1.807) is 10.8 Å². The van der Waals surface area contributed by atoms with Crippen molar-refractivity contribution in [2.45, 2.75) is 20.3 Å². The van der Waals surface area contributed by atoms with Crippen LogP contribution < -0.4 is 32.1 Å². The zero-order valence-electron chi connectivity index (χ0n) is 22.9. The molecule has 8 nitrogen and oxygen atoms in total. The van der Waals surface area contributed by atoms with Gasteiger partial charge in [-0.1, -0.05) is 49.4 Å². The number of nitrogen functional groups attached to an aromatic ring is 1. The van der Waals surface area contributed by atoms with Gasteiger partial charge in [-0.3, -0.25) is 9.36 Å². The van der Waals surface area contributed by atoms with E-state index in [0.29, 0.717) is 22.8 Å². The molecule has 1 saturated heterocycles. The molecule has 1 aliphatic rings. The first kappa shape index (κ1) is 26.9. The van der Waals surface area contributed by atoms with Crippen molar-refractivity contribution in [3.8, 4) is 16.8 Å². The molecule has 2 aromatic carbocycles. The van der Waals surface area contributed by atoms with Crippen molar-refractivity contribution in [3.05, 3.63) is 99.9 Å². The molecule has 3 heterocycles. The summed E-state index contributed by atoms with van der Waals surface area (Å²) in [7, 11) is 0. The van der Waals surface area contributed by atoms with Crippen LogP contribution in [0.1, 0.15) is 20.3 Å². The fraction of sp³-hybridized carbons (Fsp3) is 0.219. The smallest absolute Gasteiger partial charge is 0.263 e. The maximum atomic E-state index is 13.9. The Hall–Kier alpha value is -4.69.